The van der Waals surface area contributed by atoms with Gasteiger partial charge in [-0.15, -0.1) is 11.1 Å². The lowest BCUT2D eigenvalue weighted by Crippen LogP contribution is -2.42. The molecule has 0 aromatic heterocycles. The zero-order valence-electron chi connectivity index (χ0n) is 46.0. The summed E-state index contributed by atoms with van der Waals surface area (Å²) in [4.78, 5) is 0. The highest BCUT2D eigenvalue weighted by molar-refractivity contribution is 6.84. The molecule has 0 N–H and O–H groups in total. The molecule has 0 radical (unpaired) electrons. The fourth-order valence-corrected chi connectivity index (χ4v) is 9.13. The fourth-order valence-electron chi connectivity index (χ4n) is 4.32. The van der Waals surface area contributed by atoms with Crippen molar-refractivity contribution in [2.24, 2.45) is 0 Å². The molecule has 0 aliphatic carbocycles. The van der Waals surface area contributed by atoms with Crippen molar-refractivity contribution < 1.29 is 35.3 Å². The molecule has 0 spiro atoms. The Morgan fingerprint density at radius 1 is 0.348 bits per heavy atom. The average molecular weight is 1020 g/mol. The minimum Gasteiger partial charge on any atom is -0.412 e. The molecule has 1 aromatic carbocycles. The van der Waals surface area contributed by atoms with E-state index in [0.717, 1.165) is 0 Å². The predicted molar refractivity (Wildman–Crippen MR) is 289 cm³/mol. The Hall–Kier alpha value is -2.20. The van der Waals surface area contributed by atoms with Gasteiger partial charge in [-0.2, -0.15) is 0 Å². The van der Waals surface area contributed by atoms with Crippen molar-refractivity contribution in [1.82, 2.24) is 0 Å². The quantitative estimate of drug-likeness (QED) is 0.0905. The van der Waals surface area contributed by atoms with Gasteiger partial charge in [-0.25, -0.2) is 17.6 Å². The van der Waals surface area contributed by atoms with Crippen LogP contribution in [0.25, 0.3) is 0 Å². The zero-order valence-corrected chi connectivity index (χ0v) is 52.0. The number of hydrogen-bond donors (Lipinski definition) is 0. The van der Waals surface area contributed by atoms with Crippen molar-refractivity contribution in [3.63, 3.8) is 0 Å². The predicted octanol–water partition coefficient (Wildman–Crippen LogP) is 15.4. The van der Waals surface area contributed by atoms with Crippen LogP contribution in [0.5, 0.6) is 0 Å². The SMILES string of the molecule is CC(C)(C)[Si](C)(C)OC/C(C#Cc1c(F)c(F)c(C#C/C(CO[Si](C)(C)C(C)(C)C)=C(/C#C[Si](C)(C)C)CO[Si](C)(C)C(C)(C)C)c(F)c1F)=C(\C#C[Si](C)(C)C)CO[Si](C)(C)C(C)(C)C. The third kappa shape index (κ3) is 18.3. The molecule has 1 aromatic rings. The molecule has 14 heteroatoms. The standard InChI is InChI=1S/C52H86F4O4Si6/c1-49(2,3)63(19,20)57-35-39(41(31-33-61(13,14)15)37-59-65(23,24)51(7,8)9)27-29-43-45(53)47(55)44(48(56)46(43)54)30-28-40(36-58-64(21,22)50(4,5)6)42(32-34-62(16,17)18)38-60-66(25,26)52(10,11)12/h35-38H2,1-26H3/b41-39+,42-40+. The Kier molecular flexibility index (Phi) is 20.9. The van der Waals surface area contributed by atoms with Crippen molar-refractivity contribution in [1.29, 1.82) is 0 Å². The van der Waals surface area contributed by atoms with Crippen molar-refractivity contribution in [2.45, 2.75) is 195 Å². The molecule has 0 unspecified atom stereocenters. The van der Waals surface area contributed by atoms with E-state index >= 15 is 17.6 Å². The molecular formula is C52H86F4O4Si6. The molecule has 66 heavy (non-hydrogen) atoms. The van der Waals surface area contributed by atoms with E-state index in [-0.39, 0.29) is 46.6 Å². The van der Waals surface area contributed by atoms with E-state index in [9.17, 15) is 0 Å². The summed E-state index contributed by atoms with van der Waals surface area (Å²) in [5, 5.41) is -0.564. The maximum Gasteiger partial charge on any atom is 0.192 e. The first-order chi connectivity index (χ1) is 29.2. The van der Waals surface area contributed by atoms with Crippen LogP contribution < -0.4 is 0 Å². The second-order valence-corrected chi connectivity index (χ2v) is 54.4. The van der Waals surface area contributed by atoms with Gasteiger partial charge in [-0.1, -0.05) is 158 Å². The molecule has 0 aliphatic rings. The van der Waals surface area contributed by atoms with Gasteiger partial charge in [0.2, 0.25) is 0 Å². The van der Waals surface area contributed by atoms with E-state index in [0.29, 0.717) is 22.3 Å². The molecular weight excluding hydrogens is 933 g/mol. The molecule has 0 fully saturated rings. The van der Waals surface area contributed by atoms with E-state index in [1.54, 1.807) is 0 Å². The Labute approximate surface area is 407 Å². The first-order valence-electron chi connectivity index (χ1n) is 23.1. The van der Waals surface area contributed by atoms with Crippen LogP contribution in [0.2, 0.25) is 112 Å². The summed E-state index contributed by atoms with van der Waals surface area (Å²) in [5.41, 5.74) is 6.40. The van der Waals surface area contributed by atoms with Crippen LogP contribution in [-0.4, -0.2) is 75.8 Å². The molecule has 0 saturated carbocycles. The van der Waals surface area contributed by atoms with Crippen LogP contribution in [0.3, 0.4) is 0 Å². The Bertz CT molecular complexity index is 2050. The summed E-state index contributed by atoms with van der Waals surface area (Å²) in [5.74, 6) is 10.7. The third-order valence-electron chi connectivity index (χ3n) is 13.4. The summed E-state index contributed by atoms with van der Waals surface area (Å²) in [6.45, 7) is 55.1. The number of benzene rings is 1. The van der Waals surface area contributed by atoms with Gasteiger partial charge in [-0.05, 0) is 72.5 Å². The Morgan fingerprint density at radius 3 is 0.697 bits per heavy atom. The van der Waals surface area contributed by atoms with Crippen molar-refractivity contribution >= 4 is 49.4 Å². The summed E-state index contributed by atoms with van der Waals surface area (Å²) in [6, 6.07) is 0. The van der Waals surface area contributed by atoms with Gasteiger partial charge >= 0.3 is 0 Å². The summed E-state index contributed by atoms with van der Waals surface area (Å²) in [7, 11) is -13.3. The fraction of sp³-hybridized carbons (Fsp3) is 0.654. The summed E-state index contributed by atoms with van der Waals surface area (Å²) >= 11 is 0. The van der Waals surface area contributed by atoms with E-state index in [1.807, 2.05) is 0 Å². The third-order valence-corrected chi connectivity index (χ3v) is 33.0. The monoisotopic (exact) mass is 1020 g/mol. The minimum absolute atomic E-state index is 0.0219. The second kappa shape index (κ2) is 22.3. The first-order valence-corrected chi connectivity index (χ1v) is 41.8. The lowest BCUT2D eigenvalue weighted by molar-refractivity contribution is 0.308. The van der Waals surface area contributed by atoms with Crippen molar-refractivity contribution in [2.75, 3.05) is 26.4 Å². The van der Waals surface area contributed by atoms with Crippen molar-refractivity contribution in [3.05, 3.63) is 56.7 Å². The molecule has 0 atom stereocenters. The van der Waals surface area contributed by atoms with Crippen LogP contribution in [0, 0.1) is 69.9 Å². The summed E-state index contributed by atoms with van der Waals surface area (Å²) in [6.07, 6.45) is 0. The van der Waals surface area contributed by atoms with E-state index in [4.69, 9.17) is 17.7 Å². The normalized spacial score (nSPS) is 14.4. The topological polar surface area (TPSA) is 36.9 Å². The molecule has 0 saturated heterocycles. The smallest absolute Gasteiger partial charge is 0.192 e. The average Bonchev–Trinajstić information content (AvgIpc) is 3.11. The van der Waals surface area contributed by atoms with Gasteiger partial charge in [0.15, 0.2) is 56.5 Å². The highest BCUT2D eigenvalue weighted by Gasteiger charge is 2.41. The first kappa shape index (κ1) is 61.8. The van der Waals surface area contributed by atoms with Crippen LogP contribution in [0.15, 0.2) is 22.3 Å². The van der Waals surface area contributed by atoms with Gasteiger partial charge in [-0.3, -0.25) is 0 Å². The van der Waals surface area contributed by atoms with Gasteiger partial charge in [0, 0.05) is 22.3 Å². The van der Waals surface area contributed by atoms with Crippen LogP contribution in [-0.2, 0) is 17.7 Å². The number of hydrogen-bond acceptors (Lipinski definition) is 4. The lowest BCUT2D eigenvalue weighted by atomic mass is 10.1. The second-order valence-electron chi connectivity index (χ2n) is 25.6. The van der Waals surface area contributed by atoms with Gasteiger partial charge in [0.1, 0.15) is 27.3 Å². The minimum atomic E-state index is -2.39. The maximum atomic E-state index is 16.3. The van der Waals surface area contributed by atoms with Crippen LogP contribution >= 0.6 is 0 Å². The molecule has 0 aliphatic heterocycles. The maximum absolute atomic E-state index is 16.3. The number of rotatable bonds is 12. The Morgan fingerprint density at radius 2 is 0.530 bits per heavy atom. The van der Waals surface area contributed by atoms with E-state index in [2.05, 4.69) is 221 Å². The zero-order chi connectivity index (χ0) is 52.1. The molecule has 4 nitrogen and oxygen atoms in total. The highest BCUT2D eigenvalue weighted by Crippen LogP contribution is 2.40. The van der Waals surface area contributed by atoms with Crippen LogP contribution in [0.1, 0.15) is 94.2 Å². The molecule has 0 heterocycles. The van der Waals surface area contributed by atoms with E-state index in [1.165, 1.54) is 0 Å². The number of halogens is 4. The van der Waals surface area contributed by atoms with Gasteiger partial charge in [0.05, 0.1) is 26.4 Å². The molecule has 0 amide bonds. The van der Waals surface area contributed by atoms with Gasteiger partial charge in [0.25, 0.3) is 0 Å². The van der Waals surface area contributed by atoms with Crippen LogP contribution in [0.4, 0.5) is 17.6 Å². The highest BCUT2D eigenvalue weighted by atomic mass is 28.4. The largest absolute Gasteiger partial charge is 0.412 e. The lowest BCUT2D eigenvalue weighted by Gasteiger charge is -2.37. The van der Waals surface area contributed by atoms with Crippen molar-refractivity contribution in [3.8, 4) is 46.6 Å². The molecule has 0 bridgehead atoms. The van der Waals surface area contributed by atoms with Gasteiger partial charge < -0.3 is 17.7 Å². The molecule has 370 valence electrons. The van der Waals surface area contributed by atoms with E-state index < -0.39 is 83.8 Å². The summed E-state index contributed by atoms with van der Waals surface area (Å²) < 4.78 is 91.5. The molecule has 1 rings (SSSR count). The Balaban J connectivity index is 4.39.